The van der Waals surface area contributed by atoms with Crippen LogP contribution in [0, 0.1) is 18.7 Å². The summed E-state index contributed by atoms with van der Waals surface area (Å²) < 4.78 is 12.9. The Hall–Kier alpha value is -2.11. The molecule has 0 spiro atoms. The molecule has 0 aliphatic carbocycles. The first kappa shape index (κ1) is 13.3. The number of amides is 2. The number of hydrogen-bond acceptors (Lipinski definition) is 2. The van der Waals surface area contributed by atoms with Crippen LogP contribution < -0.4 is 5.32 Å². The van der Waals surface area contributed by atoms with Crippen molar-refractivity contribution < 1.29 is 19.1 Å². The zero-order valence-corrected chi connectivity index (χ0v) is 10.5. The Balaban J connectivity index is 1.87. The van der Waals surface area contributed by atoms with Crippen molar-refractivity contribution in [1.82, 2.24) is 4.90 Å². The normalized spacial score (nSPS) is 14.9. The number of halogens is 1. The second-order valence-electron chi connectivity index (χ2n) is 4.76. The molecule has 1 aliphatic rings. The summed E-state index contributed by atoms with van der Waals surface area (Å²) in [5, 5.41) is 11.3. The fourth-order valence-electron chi connectivity index (χ4n) is 2.07. The number of nitrogens with one attached hydrogen (secondary N) is 1. The van der Waals surface area contributed by atoms with Gasteiger partial charge in [-0.3, -0.25) is 4.79 Å². The zero-order valence-electron chi connectivity index (χ0n) is 10.5. The van der Waals surface area contributed by atoms with Crippen LogP contribution in [-0.2, 0) is 4.79 Å². The number of likely N-dealkylation sites (tertiary alicyclic amines) is 1. The molecule has 1 aliphatic heterocycles. The van der Waals surface area contributed by atoms with Crippen LogP contribution in [0.5, 0.6) is 0 Å². The van der Waals surface area contributed by atoms with E-state index in [9.17, 15) is 14.0 Å². The van der Waals surface area contributed by atoms with Crippen LogP contribution in [-0.4, -0.2) is 35.1 Å². The minimum atomic E-state index is -0.848. The quantitative estimate of drug-likeness (QED) is 0.880. The van der Waals surface area contributed by atoms with Crippen LogP contribution in [0.4, 0.5) is 14.9 Å². The van der Waals surface area contributed by atoms with Crippen LogP contribution in [0.1, 0.15) is 12.0 Å². The first-order valence-corrected chi connectivity index (χ1v) is 5.99. The number of aliphatic carboxylic acids is 1. The van der Waals surface area contributed by atoms with E-state index in [-0.39, 0.29) is 24.2 Å². The Morgan fingerprint density at radius 3 is 2.74 bits per heavy atom. The van der Waals surface area contributed by atoms with Gasteiger partial charge < -0.3 is 15.3 Å². The van der Waals surface area contributed by atoms with Gasteiger partial charge in [0.1, 0.15) is 5.82 Å². The third-order valence-corrected chi connectivity index (χ3v) is 3.14. The number of benzene rings is 1. The average Bonchev–Trinajstić information content (AvgIpc) is 2.26. The molecule has 2 amide bonds. The highest BCUT2D eigenvalue weighted by molar-refractivity contribution is 5.90. The molecule has 102 valence electrons. The SMILES string of the molecule is Cc1cc(F)ccc1NC(=O)N1CC(CC(=O)O)C1. The minimum Gasteiger partial charge on any atom is -0.481 e. The number of carbonyl (C=O) groups excluding carboxylic acids is 1. The lowest BCUT2D eigenvalue weighted by atomic mass is 9.97. The highest BCUT2D eigenvalue weighted by Crippen LogP contribution is 2.21. The van der Waals surface area contributed by atoms with Crippen LogP contribution in [0.2, 0.25) is 0 Å². The number of carboxylic acid groups (broad SMARTS) is 1. The summed E-state index contributed by atoms with van der Waals surface area (Å²) in [7, 11) is 0. The van der Waals surface area contributed by atoms with Gasteiger partial charge in [0, 0.05) is 24.7 Å². The van der Waals surface area contributed by atoms with Gasteiger partial charge in [0.25, 0.3) is 0 Å². The van der Waals surface area contributed by atoms with Gasteiger partial charge in [-0.25, -0.2) is 9.18 Å². The molecule has 0 bridgehead atoms. The number of carboxylic acids is 1. The molecular formula is C13H15FN2O3. The fourth-order valence-corrected chi connectivity index (χ4v) is 2.07. The van der Waals surface area contributed by atoms with E-state index in [4.69, 9.17) is 5.11 Å². The van der Waals surface area contributed by atoms with Gasteiger partial charge in [-0.2, -0.15) is 0 Å². The van der Waals surface area contributed by atoms with Crippen LogP contribution in [0.3, 0.4) is 0 Å². The summed E-state index contributed by atoms with van der Waals surface area (Å²) in [6.07, 6.45) is 0.0827. The monoisotopic (exact) mass is 266 g/mol. The summed E-state index contributed by atoms with van der Waals surface area (Å²) in [6.45, 7) is 2.60. The Bertz CT molecular complexity index is 513. The molecule has 1 aromatic rings. The van der Waals surface area contributed by atoms with Crippen molar-refractivity contribution in [3.63, 3.8) is 0 Å². The predicted octanol–water partition coefficient (Wildman–Crippen LogP) is 2.07. The number of urea groups is 1. The summed E-state index contributed by atoms with van der Waals surface area (Å²) in [5.74, 6) is -1.17. The van der Waals surface area contributed by atoms with Crippen molar-refractivity contribution in [3.05, 3.63) is 29.6 Å². The second kappa shape index (κ2) is 5.26. The first-order valence-electron chi connectivity index (χ1n) is 5.99. The highest BCUT2D eigenvalue weighted by Gasteiger charge is 2.32. The van der Waals surface area contributed by atoms with Gasteiger partial charge in [0.05, 0.1) is 6.42 Å². The van der Waals surface area contributed by atoms with E-state index in [0.29, 0.717) is 24.3 Å². The molecule has 1 aromatic carbocycles. The van der Waals surface area contributed by atoms with Gasteiger partial charge >= 0.3 is 12.0 Å². The summed E-state index contributed by atoms with van der Waals surface area (Å²) in [5.41, 5.74) is 1.21. The van der Waals surface area contributed by atoms with Crippen molar-refractivity contribution >= 4 is 17.7 Å². The molecule has 2 rings (SSSR count). The molecule has 19 heavy (non-hydrogen) atoms. The zero-order chi connectivity index (χ0) is 14.0. The minimum absolute atomic E-state index is 0.0255. The smallest absolute Gasteiger partial charge is 0.321 e. The maximum atomic E-state index is 12.9. The highest BCUT2D eigenvalue weighted by atomic mass is 19.1. The topological polar surface area (TPSA) is 69.6 Å². The molecule has 0 aromatic heterocycles. The lowest BCUT2D eigenvalue weighted by molar-refractivity contribution is -0.139. The lowest BCUT2D eigenvalue weighted by Crippen LogP contribution is -2.52. The maximum absolute atomic E-state index is 12.9. The Kier molecular flexibility index (Phi) is 3.69. The molecule has 1 heterocycles. The van der Waals surface area contributed by atoms with Gasteiger partial charge in [-0.1, -0.05) is 0 Å². The van der Waals surface area contributed by atoms with E-state index in [2.05, 4.69) is 5.32 Å². The van der Waals surface area contributed by atoms with Crippen LogP contribution in [0.25, 0.3) is 0 Å². The predicted molar refractivity (Wildman–Crippen MR) is 67.5 cm³/mol. The number of carbonyl (C=O) groups is 2. The van der Waals surface area contributed by atoms with E-state index in [1.165, 1.54) is 23.1 Å². The Morgan fingerprint density at radius 1 is 1.47 bits per heavy atom. The second-order valence-corrected chi connectivity index (χ2v) is 4.76. The molecule has 0 radical (unpaired) electrons. The maximum Gasteiger partial charge on any atom is 0.321 e. The standard InChI is InChI=1S/C13H15FN2O3/c1-8-4-10(14)2-3-11(8)15-13(19)16-6-9(7-16)5-12(17)18/h2-4,9H,5-7H2,1H3,(H,15,19)(H,17,18). The third-order valence-electron chi connectivity index (χ3n) is 3.14. The van der Waals surface area contributed by atoms with E-state index in [1.807, 2.05) is 0 Å². The van der Waals surface area contributed by atoms with E-state index < -0.39 is 5.97 Å². The van der Waals surface area contributed by atoms with E-state index in [0.717, 1.165) is 0 Å². The molecule has 0 atom stereocenters. The molecule has 2 N–H and O–H groups in total. The number of nitrogens with zero attached hydrogens (tertiary/aromatic N) is 1. The van der Waals surface area contributed by atoms with Crippen molar-refractivity contribution in [1.29, 1.82) is 0 Å². The number of hydrogen-bond donors (Lipinski definition) is 2. The van der Waals surface area contributed by atoms with Gasteiger partial charge in [0.2, 0.25) is 0 Å². The van der Waals surface area contributed by atoms with E-state index in [1.54, 1.807) is 6.92 Å². The van der Waals surface area contributed by atoms with E-state index >= 15 is 0 Å². The number of aryl methyl sites for hydroxylation is 1. The van der Waals surface area contributed by atoms with Gasteiger partial charge in [-0.05, 0) is 30.7 Å². The molecule has 0 unspecified atom stereocenters. The number of anilines is 1. The average molecular weight is 266 g/mol. The largest absolute Gasteiger partial charge is 0.481 e. The van der Waals surface area contributed by atoms with Crippen molar-refractivity contribution in [2.45, 2.75) is 13.3 Å². The van der Waals surface area contributed by atoms with Crippen molar-refractivity contribution in [2.75, 3.05) is 18.4 Å². The number of rotatable bonds is 3. The lowest BCUT2D eigenvalue weighted by Gasteiger charge is -2.38. The fraction of sp³-hybridized carbons (Fsp3) is 0.385. The molecule has 0 saturated carbocycles. The summed E-state index contributed by atoms with van der Waals surface area (Å²) in [6, 6.07) is 3.86. The van der Waals surface area contributed by atoms with Crippen LogP contribution >= 0.6 is 0 Å². The third kappa shape index (κ3) is 3.21. The van der Waals surface area contributed by atoms with Gasteiger partial charge in [-0.15, -0.1) is 0 Å². The molecule has 1 saturated heterocycles. The van der Waals surface area contributed by atoms with Crippen molar-refractivity contribution in [3.8, 4) is 0 Å². The summed E-state index contributed by atoms with van der Waals surface area (Å²) in [4.78, 5) is 23.9. The van der Waals surface area contributed by atoms with Gasteiger partial charge in [0.15, 0.2) is 0 Å². The Morgan fingerprint density at radius 2 is 2.16 bits per heavy atom. The van der Waals surface area contributed by atoms with Crippen molar-refractivity contribution in [2.24, 2.45) is 5.92 Å². The van der Waals surface area contributed by atoms with Crippen LogP contribution in [0.15, 0.2) is 18.2 Å². The molecule has 1 fully saturated rings. The summed E-state index contributed by atoms with van der Waals surface area (Å²) >= 11 is 0. The molecular weight excluding hydrogens is 251 g/mol. The Labute approximate surface area is 110 Å². The first-order chi connectivity index (χ1) is 8.95. The molecule has 6 heteroatoms. The molecule has 5 nitrogen and oxygen atoms in total.